The summed E-state index contributed by atoms with van der Waals surface area (Å²) in [6, 6.07) is 24.8. The summed E-state index contributed by atoms with van der Waals surface area (Å²) < 4.78 is 5.79. The standard InChI is InChI=1S/C28H31N3O3/c29-27(32)25-11-4-5-12-26(25)34-20-22-9-6-10-24(17-22)28(33)30-18-23-14-16-31(19-23)15-13-21-7-2-1-3-8-21/h1-12,17,23H,13-16,18-20H2,(H2,29,32)(H,30,33). The smallest absolute Gasteiger partial charge is 0.252 e. The normalized spacial score (nSPS) is 15.7. The largest absolute Gasteiger partial charge is 0.488 e. The number of ether oxygens (including phenoxy) is 1. The Labute approximate surface area is 200 Å². The fourth-order valence-corrected chi connectivity index (χ4v) is 4.31. The number of hydrogen-bond acceptors (Lipinski definition) is 4. The van der Waals surface area contributed by atoms with E-state index in [0.29, 0.717) is 29.3 Å². The lowest BCUT2D eigenvalue weighted by Gasteiger charge is -2.16. The van der Waals surface area contributed by atoms with Crippen molar-refractivity contribution in [1.82, 2.24) is 10.2 Å². The lowest BCUT2D eigenvalue weighted by atomic mass is 10.1. The first-order valence-electron chi connectivity index (χ1n) is 11.7. The summed E-state index contributed by atoms with van der Waals surface area (Å²) in [7, 11) is 0. The maximum absolute atomic E-state index is 12.7. The van der Waals surface area contributed by atoms with Crippen molar-refractivity contribution in [3.05, 3.63) is 101 Å². The highest BCUT2D eigenvalue weighted by Crippen LogP contribution is 2.19. The molecule has 0 saturated carbocycles. The van der Waals surface area contributed by atoms with Crippen LogP contribution >= 0.6 is 0 Å². The van der Waals surface area contributed by atoms with E-state index in [4.69, 9.17) is 10.5 Å². The molecule has 1 saturated heterocycles. The van der Waals surface area contributed by atoms with Gasteiger partial charge < -0.3 is 20.7 Å². The topological polar surface area (TPSA) is 84.7 Å². The van der Waals surface area contributed by atoms with E-state index < -0.39 is 5.91 Å². The van der Waals surface area contributed by atoms with Crippen LogP contribution < -0.4 is 15.8 Å². The van der Waals surface area contributed by atoms with E-state index in [1.165, 1.54) is 5.56 Å². The second kappa shape index (κ2) is 11.5. The molecule has 1 heterocycles. The third kappa shape index (κ3) is 6.45. The van der Waals surface area contributed by atoms with E-state index in [1.807, 2.05) is 24.3 Å². The number of rotatable bonds is 10. The van der Waals surface area contributed by atoms with Gasteiger partial charge in [0.25, 0.3) is 11.8 Å². The van der Waals surface area contributed by atoms with Crippen molar-refractivity contribution >= 4 is 11.8 Å². The van der Waals surface area contributed by atoms with Gasteiger partial charge in [0.15, 0.2) is 0 Å². The minimum atomic E-state index is -0.533. The summed E-state index contributed by atoms with van der Waals surface area (Å²) in [6.45, 7) is 4.06. The number of hydrogen-bond donors (Lipinski definition) is 2. The lowest BCUT2D eigenvalue weighted by molar-refractivity contribution is 0.0946. The predicted octanol–water partition coefficient (Wildman–Crippen LogP) is 3.66. The molecular formula is C28H31N3O3. The Hall–Kier alpha value is -3.64. The molecule has 1 fully saturated rings. The Balaban J connectivity index is 1.24. The Bertz CT molecular complexity index is 1120. The van der Waals surface area contributed by atoms with E-state index in [2.05, 4.69) is 34.5 Å². The molecule has 0 spiro atoms. The fraction of sp³-hybridized carbons (Fsp3) is 0.286. The summed E-state index contributed by atoms with van der Waals surface area (Å²) in [5.74, 6) is 0.288. The molecule has 0 aliphatic carbocycles. The molecule has 1 aliphatic heterocycles. The second-order valence-electron chi connectivity index (χ2n) is 8.75. The molecule has 2 amide bonds. The van der Waals surface area contributed by atoms with Gasteiger partial charge in [-0.15, -0.1) is 0 Å². The van der Waals surface area contributed by atoms with Gasteiger partial charge in [0.05, 0.1) is 5.56 Å². The van der Waals surface area contributed by atoms with Gasteiger partial charge in [-0.25, -0.2) is 0 Å². The SMILES string of the molecule is NC(=O)c1ccccc1OCc1cccc(C(=O)NCC2CCN(CCc3ccccc3)C2)c1. The molecule has 6 nitrogen and oxygen atoms in total. The monoisotopic (exact) mass is 457 g/mol. The number of nitrogens with one attached hydrogen (secondary N) is 1. The third-order valence-electron chi connectivity index (χ3n) is 6.22. The molecule has 3 aromatic carbocycles. The number of carbonyl (C=O) groups excluding carboxylic acids is 2. The average Bonchev–Trinajstić information content (AvgIpc) is 3.33. The zero-order chi connectivity index (χ0) is 23.8. The number of carbonyl (C=O) groups is 2. The van der Waals surface area contributed by atoms with Crippen LogP contribution in [0.4, 0.5) is 0 Å². The van der Waals surface area contributed by atoms with Crippen molar-refractivity contribution < 1.29 is 14.3 Å². The molecule has 0 aromatic heterocycles. The zero-order valence-corrected chi connectivity index (χ0v) is 19.3. The van der Waals surface area contributed by atoms with Gasteiger partial charge in [-0.3, -0.25) is 9.59 Å². The molecule has 0 bridgehead atoms. The molecule has 1 atom stereocenters. The molecular weight excluding hydrogens is 426 g/mol. The van der Waals surface area contributed by atoms with Crippen LogP contribution in [0.2, 0.25) is 0 Å². The number of nitrogens with zero attached hydrogens (tertiary/aromatic N) is 1. The third-order valence-corrected chi connectivity index (χ3v) is 6.22. The van der Waals surface area contributed by atoms with Crippen molar-refractivity contribution in [2.24, 2.45) is 11.7 Å². The van der Waals surface area contributed by atoms with E-state index in [1.54, 1.807) is 30.3 Å². The maximum atomic E-state index is 12.7. The van der Waals surface area contributed by atoms with Gasteiger partial charge in [-0.2, -0.15) is 0 Å². The van der Waals surface area contributed by atoms with Gasteiger partial charge >= 0.3 is 0 Å². The first kappa shape index (κ1) is 23.5. The molecule has 6 heteroatoms. The number of primary amides is 1. The molecule has 3 aromatic rings. The number of likely N-dealkylation sites (tertiary alicyclic amines) is 1. The van der Waals surface area contributed by atoms with Crippen LogP contribution in [0, 0.1) is 5.92 Å². The van der Waals surface area contributed by atoms with E-state index >= 15 is 0 Å². The van der Waals surface area contributed by atoms with Gasteiger partial charge in [0, 0.05) is 25.2 Å². The zero-order valence-electron chi connectivity index (χ0n) is 19.3. The van der Waals surface area contributed by atoms with Crippen LogP contribution in [0.3, 0.4) is 0 Å². The average molecular weight is 458 g/mol. The van der Waals surface area contributed by atoms with Crippen molar-refractivity contribution in [1.29, 1.82) is 0 Å². The van der Waals surface area contributed by atoms with Crippen LogP contribution in [-0.2, 0) is 13.0 Å². The van der Waals surface area contributed by atoms with Crippen molar-refractivity contribution in [2.45, 2.75) is 19.4 Å². The summed E-state index contributed by atoms with van der Waals surface area (Å²) in [4.78, 5) is 26.8. The quantitative estimate of drug-likeness (QED) is 0.487. The Kier molecular flexibility index (Phi) is 7.94. The van der Waals surface area contributed by atoms with Crippen molar-refractivity contribution in [3.8, 4) is 5.75 Å². The summed E-state index contributed by atoms with van der Waals surface area (Å²) in [5, 5.41) is 3.09. The molecule has 0 radical (unpaired) electrons. The van der Waals surface area contributed by atoms with Crippen LogP contribution in [-0.4, -0.2) is 42.9 Å². The van der Waals surface area contributed by atoms with Gasteiger partial charge in [0.1, 0.15) is 12.4 Å². The van der Waals surface area contributed by atoms with Gasteiger partial charge in [-0.1, -0.05) is 54.6 Å². The minimum Gasteiger partial charge on any atom is -0.488 e. The van der Waals surface area contributed by atoms with Crippen molar-refractivity contribution in [2.75, 3.05) is 26.2 Å². The summed E-state index contributed by atoms with van der Waals surface area (Å²) in [5.41, 5.74) is 8.56. The summed E-state index contributed by atoms with van der Waals surface area (Å²) in [6.07, 6.45) is 2.15. The highest BCUT2D eigenvalue weighted by molar-refractivity contribution is 5.95. The summed E-state index contributed by atoms with van der Waals surface area (Å²) >= 11 is 0. The Morgan fingerprint density at radius 2 is 1.74 bits per heavy atom. The lowest BCUT2D eigenvalue weighted by Crippen LogP contribution is -2.31. The van der Waals surface area contributed by atoms with Crippen LogP contribution in [0.15, 0.2) is 78.9 Å². The van der Waals surface area contributed by atoms with Gasteiger partial charge in [0.2, 0.25) is 0 Å². The Morgan fingerprint density at radius 1 is 0.971 bits per heavy atom. The van der Waals surface area contributed by atoms with Crippen LogP contribution in [0.5, 0.6) is 5.75 Å². The van der Waals surface area contributed by atoms with Crippen LogP contribution in [0.1, 0.15) is 38.3 Å². The number of nitrogens with two attached hydrogens (primary N) is 1. The van der Waals surface area contributed by atoms with Gasteiger partial charge in [-0.05, 0) is 60.7 Å². The first-order chi connectivity index (χ1) is 16.6. The van der Waals surface area contributed by atoms with Crippen molar-refractivity contribution in [3.63, 3.8) is 0 Å². The fourth-order valence-electron chi connectivity index (χ4n) is 4.31. The first-order valence-corrected chi connectivity index (χ1v) is 11.7. The number of amides is 2. The maximum Gasteiger partial charge on any atom is 0.252 e. The van der Waals surface area contributed by atoms with Crippen LogP contribution in [0.25, 0.3) is 0 Å². The molecule has 1 unspecified atom stereocenters. The van der Waals surface area contributed by atoms with E-state index in [9.17, 15) is 9.59 Å². The molecule has 176 valence electrons. The molecule has 3 N–H and O–H groups in total. The molecule has 4 rings (SSSR count). The number of benzene rings is 3. The molecule has 34 heavy (non-hydrogen) atoms. The highest BCUT2D eigenvalue weighted by Gasteiger charge is 2.22. The predicted molar refractivity (Wildman–Crippen MR) is 133 cm³/mol. The minimum absolute atomic E-state index is 0.0814. The van der Waals surface area contributed by atoms with E-state index in [-0.39, 0.29) is 12.5 Å². The Morgan fingerprint density at radius 3 is 2.56 bits per heavy atom. The van der Waals surface area contributed by atoms with E-state index in [0.717, 1.165) is 38.0 Å². The second-order valence-corrected chi connectivity index (χ2v) is 8.75. The molecule has 1 aliphatic rings. The number of para-hydroxylation sites is 1. The highest BCUT2D eigenvalue weighted by atomic mass is 16.5.